The quantitative estimate of drug-likeness (QED) is 0.568. The number of benzene rings is 1. The monoisotopic (exact) mass is 440 g/mol. The Morgan fingerprint density at radius 2 is 1.87 bits per heavy atom. The van der Waals surface area contributed by atoms with Crippen LogP contribution in [-0.4, -0.2) is 26.8 Å². The van der Waals surface area contributed by atoms with Crippen LogP contribution in [0.15, 0.2) is 30.3 Å². The first-order chi connectivity index (χ1) is 13.8. The number of hydrogen-bond donors (Lipinski definition) is 1. The van der Waals surface area contributed by atoms with Gasteiger partial charge >= 0.3 is 6.36 Å². The van der Waals surface area contributed by atoms with Crippen LogP contribution >= 0.6 is 11.6 Å². The number of rotatable bonds is 4. The third-order valence-electron chi connectivity index (χ3n) is 3.99. The SMILES string of the molecule is Cc1ccc2nc(NC(=O)CC(C)(C)C)n(-c3ccc(OC(F)(F)F)c(Cl)c3)c2n1. The third-order valence-corrected chi connectivity index (χ3v) is 4.28. The van der Waals surface area contributed by atoms with Gasteiger partial charge in [-0.15, -0.1) is 13.2 Å². The Kier molecular flexibility index (Phi) is 5.68. The summed E-state index contributed by atoms with van der Waals surface area (Å²) in [7, 11) is 0. The van der Waals surface area contributed by atoms with E-state index in [0.29, 0.717) is 22.5 Å². The minimum absolute atomic E-state index is 0.193. The number of halogens is 4. The molecule has 1 aromatic carbocycles. The Labute approximate surface area is 176 Å². The zero-order valence-corrected chi connectivity index (χ0v) is 17.5. The maximum Gasteiger partial charge on any atom is 0.573 e. The molecule has 0 radical (unpaired) electrons. The number of alkyl halides is 3. The zero-order chi connectivity index (χ0) is 22.3. The first-order valence-corrected chi connectivity index (χ1v) is 9.42. The number of anilines is 1. The van der Waals surface area contributed by atoms with E-state index in [1.807, 2.05) is 20.8 Å². The highest BCUT2D eigenvalue weighted by Crippen LogP contribution is 2.34. The Morgan fingerprint density at radius 3 is 2.47 bits per heavy atom. The van der Waals surface area contributed by atoms with E-state index in [9.17, 15) is 18.0 Å². The van der Waals surface area contributed by atoms with Gasteiger partial charge in [-0.3, -0.25) is 14.7 Å². The second-order valence-electron chi connectivity index (χ2n) is 8.01. The molecule has 10 heteroatoms. The standard InChI is InChI=1S/C20H20ClF3N4O2/c1-11-5-7-14-17(25-11)28(18(26-14)27-16(29)10-19(2,3)4)12-6-8-15(13(21)9-12)30-20(22,23)24/h5-9H,10H2,1-4H3,(H,26,27,29). The van der Waals surface area contributed by atoms with Gasteiger partial charge in [-0.25, -0.2) is 9.97 Å². The Bertz CT molecular complexity index is 1100. The van der Waals surface area contributed by atoms with Crippen molar-refractivity contribution in [2.24, 2.45) is 5.41 Å². The number of aryl methyl sites for hydroxylation is 1. The molecule has 2 aromatic heterocycles. The van der Waals surface area contributed by atoms with Gasteiger partial charge in [0.25, 0.3) is 0 Å². The van der Waals surface area contributed by atoms with Crippen LogP contribution in [0, 0.1) is 12.3 Å². The highest BCUT2D eigenvalue weighted by atomic mass is 35.5. The lowest BCUT2D eigenvalue weighted by Gasteiger charge is -2.17. The van der Waals surface area contributed by atoms with E-state index in [4.69, 9.17) is 11.6 Å². The number of carbonyl (C=O) groups excluding carboxylic acids is 1. The average Bonchev–Trinajstić information content (AvgIpc) is 2.90. The molecule has 0 atom stereocenters. The molecule has 2 heterocycles. The van der Waals surface area contributed by atoms with Gasteiger partial charge in [0.15, 0.2) is 5.65 Å². The molecule has 0 unspecified atom stereocenters. The molecule has 0 spiro atoms. The van der Waals surface area contributed by atoms with Crippen LogP contribution in [0.4, 0.5) is 19.1 Å². The predicted molar refractivity (Wildman–Crippen MR) is 108 cm³/mol. The lowest BCUT2D eigenvalue weighted by atomic mass is 9.92. The number of nitrogens with one attached hydrogen (secondary N) is 1. The molecule has 0 saturated heterocycles. The summed E-state index contributed by atoms with van der Waals surface area (Å²) in [5.41, 5.74) is 1.79. The molecular formula is C20H20ClF3N4O2. The number of nitrogens with zero attached hydrogens (tertiary/aromatic N) is 3. The van der Waals surface area contributed by atoms with Crippen LogP contribution in [0.1, 0.15) is 32.9 Å². The smallest absolute Gasteiger partial charge is 0.404 e. The highest BCUT2D eigenvalue weighted by Gasteiger charge is 2.32. The second-order valence-corrected chi connectivity index (χ2v) is 8.42. The Balaban J connectivity index is 2.08. The first kappa shape index (κ1) is 21.9. The second kappa shape index (κ2) is 7.79. The summed E-state index contributed by atoms with van der Waals surface area (Å²) >= 11 is 6.01. The summed E-state index contributed by atoms with van der Waals surface area (Å²) in [4.78, 5) is 21.4. The van der Waals surface area contributed by atoms with Gasteiger partial charge in [-0.05, 0) is 42.7 Å². The van der Waals surface area contributed by atoms with Gasteiger partial charge < -0.3 is 4.74 Å². The van der Waals surface area contributed by atoms with E-state index in [0.717, 1.165) is 6.07 Å². The molecule has 6 nitrogen and oxygen atoms in total. The van der Waals surface area contributed by atoms with Gasteiger partial charge in [0.05, 0.1) is 10.7 Å². The number of ether oxygens (including phenoxy) is 1. The van der Waals surface area contributed by atoms with Gasteiger partial charge in [-0.1, -0.05) is 32.4 Å². The van der Waals surface area contributed by atoms with Crippen molar-refractivity contribution in [2.75, 3.05) is 5.32 Å². The van der Waals surface area contributed by atoms with E-state index >= 15 is 0 Å². The van der Waals surface area contributed by atoms with Crippen LogP contribution in [0.5, 0.6) is 5.75 Å². The number of imidazole rings is 1. The van der Waals surface area contributed by atoms with E-state index in [2.05, 4.69) is 20.0 Å². The van der Waals surface area contributed by atoms with E-state index in [1.54, 1.807) is 19.1 Å². The van der Waals surface area contributed by atoms with Crippen LogP contribution < -0.4 is 10.1 Å². The normalized spacial score (nSPS) is 12.3. The van der Waals surface area contributed by atoms with Crippen molar-refractivity contribution < 1.29 is 22.7 Å². The molecule has 0 saturated carbocycles. The Hall–Kier alpha value is -2.81. The topological polar surface area (TPSA) is 69.0 Å². The van der Waals surface area contributed by atoms with Gasteiger partial charge in [0.1, 0.15) is 11.3 Å². The predicted octanol–water partition coefficient (Wildman–Crippen LogP) is 5.66. The molecular weight excluding hydrogens is 421 g/mol. The van der Waals surface area contributed by atoms with Gasteiger partial charge in [0.2, 0.25) is 11.9 Å². The summed E-state index contributed by atoms with van der Waals surface area (Å²) in [6.45, 7) is 7.58. The maximum atomic E-state index is 12.5. The number of carbonyl (C=O) groups is 1. The van der Waals surface area contributed by atoms with Crippen molar-refractivity contribution in [2.45, 2.75) is 40.5 Å². The molecule has 0 fully saturated rings. The molecule has 30 heavy (non-hydrogen) atoms. The minimum atomic E-state index is -4.86. The van der Waals surface area contributed by atoms with Crippen molar-refractivity contribution in [1.82, 2.24) is 14.5 Å². The molecule has 1 amide bonds. The molecule has 160 valence electrons. The largest absolute Gasteiger partial charge is 0.573 e. The van der Waals surface area contributed by atoms with Crippen molar-refractivity contribution in [3.8, 4) is 11.4 Å². The number of fused-ring (bicyclic) bond motifs is 1. The number of aromatic nitrogens is 3. The van der Waals surface area contributed by atoms with Crippen molar-refractivity contribution in [1.29, 1.82) is 0 Å². The van der Waals surface area contributed by atoms with Crippen LogP contribution in [0.2, 0.25) is 5.02 Å². The third kappa shape index (κ3) is 5.21. The fourth-order valence-corrected chi connectivity index (χ4v) is 3.08. The number of pyridine rings is 1. The molecule has 1 N–H and O–H groups in total. The highest BCUT2D eigenvalue weighted by molar-refractivity contribution is 6.32. The van der Waals surface area contributed by atoms with Crippen LogP contribution in [-0.2, 0) is 4.79 Å². The average molecular weight is 441 g/mol. The summed E-state index contributed by atoms with van der Waals surface area (Å²) in [6, 6.07) is 7.31. The van der Waals surface area contributed by atoms with Crippen molar-refractivity contribution in [3.05, 3.63) is 41.0 Å². The molecule has 3 aromatic rings. The molecule has 0 aliphatic heterocycles. The van der Waals surface area contributed by atoms with E-state index in [1.165, 1.54) is 16.7 Å². The minimum Gasteiger partial charge on any atom is -0.404 e. The zero-order valence-electron chi connectivity index (χ0n) is 16.8. The van der Waals surface area contributed by atoms with Crippen LogP contribution in [0.3, 0.4) is 0 Å². The van der Waals surface area contributed by atoms with Gasteiger partial charge in [-0.2, -0.15) is 0 Å². The summed E-state index contributed by atoms with van der Waals surface area (Å²) in [6.07, 6.45) is -4.61. The van der Waals surface area contributed by atoms with Crippen molar-refractivity contribution >= 4 is 34.6 Å². The summed E-state index contributed by atoms with van der Waals surface area (Å²) < 4.78 is 43.1. The van der Waals surface area contributed by atoms with E-state index in [-0.39, 0.29) is 28.7 Å². The lowest BCUT2D eigenvalue weighted by Crippen LogP contribution is -2.21. The van der Waals surface area contributed by atoms with Crippen molar-refractivity contribution in [3.63, 3.8) is 0 Å². The first-order valence-electron chi connectivity index (χ1n) is 9.04. The number of amides is 1. The fourth-order valence-electron chi connectivity index (χ4n) is 2.87. The molecule has 0 bridgehead atoms. The fraction of sp³-hybridized carbons (Fsp3) is 0.350. The summed E-state index contributed by atoms with van der Waals surface area (Å²) in [5, 5.41) is 2.52. The lowest BCUT2D eigenvalue weighted by molar-refractivity contribution is -0.274. The molecule has 0 aliphatic rings. The molecule has 0 aliphatic carbocycles. The number of hydrogen-bond acceptors (Lipinski definition) is 4. The van der Waals surface area contributed by atoms with E-state index < -0.39 is 12.1 Å². The summed E-state index contributed by atoms with van der Waals surface area (Å²) in [5.74, 6) is -0.586. The van der Waals surface area contributed by atoms with Gasteiger partial charge in [0, 0.05) is 12.1 Å². The maximum absolute atomic E-state index is 12.5. The van der Waals surface area contributed by atoms with Crippen LogP contribution in [0.25, 0.3) is 16.9 Å². The Morgan fingerprint density at radius 1 is 1.17 bits per heavy atom. The molecule has 3 rings (SSSR count).